The van der Waals surface area contributed by atoms with Crippen LogP contribution in [0.2, 0.25) is 10.0 Å². The maximum atomic E-state index is 14.1. The topological polar surface area (TPSA) is 64.7 Å². The molecule has 3 aromatic rings. The number of carbonyl (C=O) groups excluding carboxylic acids is 1. The fourth-order valence-electron chi connectivity index (χ4n) is 2.75. The molecule has 0 fully saturated rings. The normalized spacial score (nSPS) is 11.0. The van der Waals surface area contributed by atoms with Crippen LogP contribution in [0, 0.1) is 19.7 Å². The maximum Gasteiger partial charge on any atom is 0.277 e. The van der Waals surface area contributed by atoms with Crippen molar-refractivity contribution in [2.75, 3.05) is 5.32 Å². The van der Waals surface area contributed by atoms with E-state index >= 15 is 0 Å². The van der Waals surface area contributed by atoms with Crippen molar-refractivity contribution in [2.45, 2.75) is 33.9 Å². The van der Waals surface area contributed by atoms with Gasteiger partial charge in [-0.2, -0.15) is 10.2 Å². The van der Waals surface area contributed by atoms with Crippen molar-refractivity contribution in [3.05, 3.63) is 62.9 Å². The maximum absolute atomic E-state index is 14.1. The molecule has 0 saturated heterocycles. The number of aromatic nitrogens is 4. The van der Waals surface area contributed by atoms with E-state index in [1.54, 1.807) is 41.5 Å². The molecule has 0 radical (unpaired) electrons. The molecule has 2 heterocycles. The van der Waals surface area contributed by atoms with E-state index in [1.807, 2.05) is 6.92 Å². The smallest absolute Gasteiger partial charge is 0.277 e. The van der Waals surface area contributed by atoms with Crippen LogP contribution in [0.3, 0.4) is 0 Å². The van der Waals surface area contributed by atoms with Crippen molar-refractivity contribution >= 4 is 34.8 Å². The Morgan fingerprint density at radius 1 is 1.22 bits per heavy atom. The molecule has 142 valence electrons. The summed E-state index contributed by atoms with van der Waals surface area (Å²) < 4.78 is 17.2. The molecule has 0 aliphatic carbocycles. The summed E-state index contributed by atoms with van der Waals surface area (Å²) in [5, 5.41) is 12.0. The summed E-state index contributed by atoms with van der Waals surface area (Å²) in [6, 6.07) is 4.52. The monoisotopic (exact) mass is 409 g/mol. The van der Waals surface area contributed by atoms with E-state index < -0.39 is 11.7 Å². The molecule has 6 nitrogen and oxygen atoms in total. The fraction of sp³-hybridized carbons (Fsp3) is 0.278. The first-order valence-corrected chi connectivity index (χ1v) is 9.08. The van der Waals surface area contributed by atoms with Gasteiger partial charge in [0.25, 0.3) is 5.91 Å². The highest BCUT2D eigenvalue weighted by atomic mass is 35.5. The summed E-state index contributed by atoms with van der Waals surface area (Å²) in [6.07, 6.45) is 1.60. The molecule has 1 aromatic carbocycles. The molecule has 0 atom stereocenters. The largest absolute Gasteiger partial charge is 0.317 e. The second-order valence-corrected chi connectivity index (χ2v) is 6.85. The first kappa shape index (κ1) is 19.4. The summed E-state index contributed by atoms with van der Waals surface area (Å²) in [7, 11) is 0. The van der Waals surface area contributed by atoms with Crippen LogP contribution in [-0.4, -0.2) is 25.5 Å². The minimum Gasteiger partial charge on any atom is -0.317 e. The van der Waals surface area contributed by atoms with Crippen LogP contribution in [0.15, 0.2) is 24.4 Å². The number of carbonyl (C=O) groups is 1. The van der Waals surface area contributed by atoms with Crippen molar-refractivity contribution in [1.29, 1.82) is 0 Å². The third-order valence-corrected chi connectivity index (χ3v) is 4.88. The quantitative estimate of drug-likeness (QED) is 0.676. The standard InChI is InChI=1S/C18H18Cl2FN5O/c1-4-25-9-14(20)17(24-25)18(27)22-16-10(2)23-26(11(16)3)8-12-13(19)6-5-7-15(12)21/h5-7,9H,4,8H2,1-3H3,(H,22,27). The van der Waals surface area contributed by atoms with Crippen molar-refractivity contribution < 1.29 is 9.18 Å². The molecular formula is C18H18Cl2FN5O. The lowest BCUT2D eigenvalue weighted by molar-refractivity contribution is 0.102. The molecular weight excluding hydrogens is 392 g/mol. The van der Waals surface area contributed by atoms with Crippen molar-refractivity contribution in [1.82, 2.24) is 19.6 Å². The van der Waals surface area contributed by atoms with Crippen LogP contribution in [0.5, 0.6) is 0 Å². The van der Waals surface area contributed by atoms with Gasteiger partial charge in [0, 0.05) is 23.3 Å². The lowest BCUT2D eigenvalue weighted by Gasteiger charge is -2.09. The van der Waals surface area contributed by atoms with Gasteiger partial charge in [-0.3, -0.25) is 14.2 Å². The number of nitrogens with one attached hydrogen (secondary N) is 1. The molecule has 0 unspecified atom stereocenters. The Morgan fingerprint density at radius 2 is 1.96 bits per heavy atom. The summed E-state index contributed by atoms with van der Waals surface area (Å²) in [5.74, 6) is -0.834. The molecule has 9 heteroatoms. The average molecular weight is 410 g/mol. The van der Waals surface area contributed by atoms with Gasteiger partial charge in [-0.1, -0.05) is 29.3 Å². The van der Waals surface area contributed by atoms with Gasteiger partial charge in [0.1, 0.15) is 5.82 Å². The van der Waals surface area contributed by atoms with Crippen molar-refractivity contribution in [2.24, 2.45) is 0 Å². The third-order valence-electron chi connectivity index (χ3n) is 4.25. The van der Waals surface area contributed by atoms with E-state index in [0.717, 1.165) is 0 Å². The Labute approximate surface area is 165 Å². The Bertz CT molecular complexity index is 991. The molecule has 1 amide bonds. The summed E-state index contributed by atoms with van der Waals surface area (Å²) in [4.78, 5) is 12.6. The number of aryl methyl sites for hydroxylation is 2. The number of nitrogens with zero attached hydrogens (tertiary/aromatic N) is 4. The number of anilines is 1. The molecule has 2 aromatic heterocycles. The van der Waals surface area contributed by atoms with Gasteiger partial charge in [0.15, 0.2) is 5.69 Å². The predicted octanol–water partition coefficient (Wildman–Crippen LogP) is 4.46. The minimum atomic E-state index is -0.429. The van der Waals surface area contributed by atoms with Crippen LogP contribution in [-0.2, 0) is 13.1 Å². The summed E-state index contributed by atoms with van der Waals surface area (Å²) in [6.45, 7) is 6.20. The van der Waals surface area contributed by atoms with E-state index in [-0.39, 0.29) is 17.3 Å². The van der Waals surface area contributed by atoms with E-state index in [0.29, 0.717) is 34.2 Å². The molecule has 27 heavy (non-hydrogen) atoms. The second-order valence-electron chi connectivity index (χ2n) is 6.04. The first-order valence-electron chi connectivity index (χ1n) is 8.33. The fourth-order valence-corrected chi connectivity index (χ4v) is 3.21. The minimum absolute atomic E-state index is 0.141. The Hall–Kier alpha value is -2.38. The van der Waals surface area contributed by atoms with E-state index in [9.17, 15) is 9.18 Å². The van der Waals surface area contributed by atoms with E-state index in [4.69, 9.17) is 23.2 Å². The van der Waals surface area contributed by atoms with Crippen molar-refractivity contribution in [3.8, 4) is 0 Å². The van der Waals surface area contributed by atoms with Gasteiger partial charge in [-0.05, 0) is 32.9 Å². The molecule has 0 bridgehead atoms. The molecule has 3 rings (SSSR count). The SMILES string of the molecule is CCn1cc(Cl)c(C(=O)Nc2c(C)nn(Cc3c(F)cccc3Cl)c2C)n1. The summed E-state index contributed by atoms with van der Waals surface area (Å²) in [5.41, 5.74) is 2.29. The first-order chi connectivity index (χ1) is 12.8. The van der Waals surface area contributed by atoms with Gasteiger partial charge < -0.3 is 5.32 Å². The Morgan fingerprint density at radius 3 is 2.59 bits per heavy atom. The Balaban J connectivity index is 1.87. The lowest BCUT2D eigenvalue weighted by Crippen LogP contribution is -2.15. The highest BCUT2D eigenvalue weighted by Gasteiger charge is 2.20. The number of halogens is 3. The van der Waals surface area contributed by atoms with Gasteiger partial charge in [-0.25, -0.2) is 4.39 Å². The average Bonchev–Trinajstić information content (AvgIpc) is 3.13. The van der Waals surface area contributed by atoms with Gasteiger partial charge in [0.05, 0.1) is 28.6 Å². The summed E-state index contributed by atoms with van der Waals surface area (Å²) >= 11 is 12.2. The zero-order valence-corrected chi connectivity index (χ0v) is 16.6. The number of amides is 1. The highest BCUT2D eigenvalue weighted by Crippen LogP contribution is 2.25. The number of hydrogen-bond donors (Lipinski definition) is 1. The van der Waals surface area contributed by atoms with Crippen LogP contribution in [0.25, 0.3) is 0 Å². The molecule has 0 aliphatic rings. The van der Waals surface area contributed by atoms with Crippen LogP contribution in [0.1, 0.15) is 34.4 Å². The highest BCUT2D eigenvalue weighted by molar-refractivity contribution is 6.34. The zero-order chi connectivity index (χ0) is 19.7. The molecule has 1 N–H and O–H groups in total. The van der Waals surface area contributed by atoms with E-state index in [2.05, 4.69) is 15.5 Å². The molecule has 0 saturated carbocycles. The van der Waals surface area contributed by atoms with Crippen LogP contribution >= 0.6 is 23.2 Å². The van der Waals surface area contributed by atoms with Gasteiger partial charge >= 0.3 is 0 Å². The number of hydrogen-bond acceptors (Lipinski definition) is 3. The predicted molar refractivity (Wildman–Crippen MR) is 103 cm³/mol. The second kappa shape index (κ2) is 7.70. The van der Waals surface area contributed by atoms with Gasteiger partial charge in [-0.15, -0.1) is 0 Å². The zero-order valence-electron chi connectivity index (χ0n) is 15.1. The van der Waals surface area contributed by atoms with Crippen LogP contribution in [0.4, 0.5) is 10.1 Å². The number of benzene rings is 1. The third kappa shape index (κ3) is 3.84. The van der Waals surface area contributed by atoms with E-state index in [1.165, 1.54) is 6.07 Å². The van der Waals surface area contributed by atoms with Crippen molar-refractivity contribution in [3.63, 3.8) is 0 Å². The molecule has 0 spiro atoms. The van der Waals surface area contributed by atoms with Gasteiger partial charge in [0.2, 0.25) is 0 Å². The van der Waals surface area contributed by atoms with Crippen LogP contribution < -0.4 is 5.32 Å². The lowest BCUT2D eigenvalue weighted by atomic mass is 10.2. The Kier molecular flexibility index (Phi) is 5.53. The molecule has 0 aliphatic heterocycles. The number of rotatable bonds is 5.